The quantitative estimate of drug-likeness (QED) is 0.592. The Bertz CT molecular complexity index is 860. The lowest BCUT2D eigenvalue weighted by Gasteiger charge is -2.08. The highest BCUT2D eigenvalue weighted by molar-refractivity contribution is 6.15. The molecule has 25 heavy (non-hydrogen) atoms. The van der Waals surface area contributed by atoms with Gasteiger partial charge in [0.2, 0.25) is 5.78 Å². The number of allylic oxidation sites excluding steroid dienone is 1. The molecule has 0 atom stereocenters. The number of methoxy groups -OCH3 is 1. The molecule has 0 radical (unpaired) electrons. The molecule has 128 valence electrons. The van der Waals surface area contributed by atoms with Gasteiger partial charge in [-0.05, 0) is 54.8 Å². The number of hydrogen-bond donors (Lipinski definition) is 0. The van der Waals surface area contributed by atoms with Gasteiger partial charge in [-0.3, -0.25) is 4.79 Å². The van der Waals surface area contributed by atoms with Crippen LogP contribution >= 0.6 is 0 Å². The smallest absolute Gasteiger partial charge is 0.232 e. The Morgan fingerprint density at radius 1 is 1.20 bits per heavy atom. The van der Waals surface area contributed by atoms with Crippen LogP contribution in [-0.2, 0) is 0 Å². The van der Waals surface area contributed by atoms with Gasteiger partial charge in [-0.15, -0.1) is 0 Å². The number of fused-ring (bicyclic) bond motifs is 1. The predicted octanol–water partition coefficient (Wildman–Crippen LogP) is 4.57. The van der Waals surface area contributed by atoms with E-state index in [1.54, 1.807) is 19.3 Å². The van der Waals surface area contributed by atoms with Crippen molar-refractivity contribution in [3.05, 3.63) is 71.0 Å². The number of benzene rings is 2. The molecule has 0 saturated carbocycles. The van der Waals surface area contributed by atoms with Crippen LogP contribution < -0.4 is 14.2 Å². The van der Waals surface area contributed by atoms with E-state index < -0.39 is 0 Å². The average Bonchev–Trinajstić information content (AvgIpc) is 2.90. The maximum Gasteiger partial charge on any atom is 0.232 e. The van der Waals surface area contributed by atoms with E-state index in [1.807, 2.05) is 44.2 Å². The maximum atomic E-state index is 12.6. The summed E-state index contributed by atoms with van der Waals surface area (Å²) >= 11 is 0. The van der Waals surface area contributed by atoms with Gasteiger partial charge in [0.25, 0.3) is 0 Å². The highest BCUT2D eigenvalue weighted by atomic mass is 16.5. The van der Waals surface area contributed by atoms with E-state index in [-0.39, 0.29) is 5.78 Å². The zero-order valence-corrected chi connectivity index (χ0v) is 14.6. The van der Waals surface area contributed by atoms with Gasteiger partial charge in [-0.2, -0.15) is 0 Å². The number of Topliss-reactive ketones (excluding diaryl/α,β-unsaturated/α-hetero) is 1. The van der Waals surface area contributed by atoms with Crippen LogP contribution in [0.3, 0.4) is 0 Å². The molecule has 2 aromatic carbocycles. The van der Waals surface area contributed by atoms with E-state index in [9.17, 15) is 4.79 Å². The molecule has 0 amide bonds. The van der Waals surface area contributed by atoms with Gasteiger partial charge in [0.05, 0.1) is 12.7 Å². The fourth-order valence-corrected chi connectivity index (χ4v) is 2.62. The molecule has 4 nitrogen and oxygen atoms in total. The number of ketones is 1. The second-order valence-corrected chi connectivity index (χ2v) is 6.07. The highest BCUT2D eigenvalue weighted by Crippen LogP contribution is 2.37. The predicted molar refractivity (Wildman–Crippen MR) is 97.4 cm³/mol. The fourth-order valence-electron chi connectivity index (χ4n) is 2.62. The molecule has 2 aromatic rings. The molecule has 1 heterocycles. The van der Waals surface area contributed by atoms with Crippen LogP contribution in [0.2, 0.25) is 0 Å². The number of rotatable bonds is 5. The summed E-state index contributed by atoms with van der Waals surface area (Å²) in [6, 6.07) is 11.0. The van der Waals surface area contributed by atoms with Crippen molar-refractivity contribution in [2.75, 3.05) is 13.7 Å². The van der Waals surface area contributed by atoms with Gasteiger partial charge in [-0.25, -0.2) is 0 Å². The van der Waals surface area contributed by atoms with E-state index in [4.69, 9.17) is 14.2 Å². The average molecular weight is 336 g/mol. The van der Waals surface area contributed by atoms with Gasteiger partial charge in [-0.1, -0.05) is 18.7 Å². The van der Waals surface area contributed by atoms with Gasteiger partial charge in [0, 0.05) is 6.07 Å². The summed E-state index contributed by atoms with van der Waals surface area (Å²) in [5.74, 6) is 2.15. The SMILES string of the molecule is C=C(C)COc1cc(C)c2c(c1)O/C(=C\c1ccc(OC)cc1)C2=O. The lowest BCUT2D eigenvalue weighted by molar-refractivity contribution is 0.101. The minimum absolute atomic E-state index is 0.116. The number of ether oxygens (including phenoxy) is 3. The van der Waals surface area contributed by atoms with Crippen LogP contribution in [0.15, 0.2) is 54.3 Å². The van der Waals surface area contributed by atoms with Crippen LogP contribution in [0, 0.1) is 6.92 Å². The monoisotopic (exact) mass is 336 g/mol. The van der Waals surface area contributed by atoms with Crippen molar-refractivity contribution in [3.63, 3.8) is 0 Å². The van der Waals surface area contributed by atoms with Crippen molar-refractivity contribution in [2.24, 2.45) is 0 Å². The molecule has 0 aliphatic carbocycles. The Balaban J connectivity index is 1.87. The van der Waals surface area contributed by atoms with Crippen LogP contribution in [-0.4, -0.2) is 19.5 Å². The molecule has 0 N–H and O–H groups in total. The summed E-state index contributed by atoms with van der Waals surface area (Å²) in [5.41, 5.74) is 3.21. The largest absolute Gasteiger partial charge is 0.497 e. The molecule has 0 aromatic heterocycles. The lowest BCUT2D eigenvalue weighted by atomic mass is 10.0. The van der Waals surface area contributed by atoms with Crippen molar-refractivity contribution in [3.8, 4) is 17.2 Å². The Morgan fingerprint density at radius 3 is 2.56 bits per heavy atom. The van der Waals surface area contributed by atoms with E-state index in [0.717, 1.165) is 22.4 Å². The standard InChI is InChI=1S/C21H20O4/c1-13(2)12-24-17-9-14(3)20-18(11-17)25-19(21(20)22)10-15-5-7-16(23-4)8-6-15/h5-11H,1,12H2,2-4H3/b19-10-. The third-order valence-corrected chi connectivity index (χ3v) is 3.84. The normalized spacial score (nSPS) is 14.2. The van der Waals surface area contributed by atoms with Crippen molar-refractivity contribution >= 4 is 11.9 Å². The van der Waals surface area contributed by atoms with Crippen LogP contribution in [0.1, 0.15) is 28.4 Å². The molecular formula is C21H20O4. The number of hydrogen-bond acceptors (Lipinski definition) is 4. The first-order valence-corrected chi connectivity index (χ1v) is 7.98. The summed E-state index contributed by atoms with van der Waals surface area (Å²) in [5, 5.41) is 0. The topological polar surface area (TPSA) is 44.8 Å². The molecular weight excluding hydrogens is 316 g/mol. The first-order chi connectivity index (χ1) is 12.0. The molecule has 0 unspecified atom stereocenters. The second-order valence-electron chi connectivity index (χ2n) is 6.07. The van der Waals surface area contributed by atoms with Crippen LogP contribution in [0.25, 0.3) is 6.08 Å². The summed E-state index contributed by atoms with van der Waals surface area (Å²) < 4.78 is 16.6. The van der Waals surface area contributed by atoms with Gasteiger partial charge >= 0.3 is 0 Å². The van der Waals surface area contributed by atoms with Gasteiger partial charge < -0.3 is 14.2 Å². The summed E-state index contributed by atoms with van der Waals surface area (Å²) in [6.07, 6.45) is 1.73. The first-order valence-electron chi connectivity index (χ1n) is 7.98. The number of carbonyl (C=O) groups is 1. The minimum atomic E-state index is -0.116. The molecule has 0 fully saturated rings. The molecule has 3 rings (SSSR count). The Kier molecular flexibility index (Phi) is 4.61. The Hall–Kier alpha value is -3.01. The highest BCUT2D eigenvalue weighted by Gasteiger charge is 2.30. The molecule has 1 aliphatic rings. The Labute approximate surface area is 147 Å². The fraction of sp³-hybridized carbons (Fsp3) is 0.190. The third kappa shape index (κ3) is 3.58. The zero-order valence-electron chi connectivity index (χ0n) is 14.6. The minimum Gasteiger partial charge on any atom is -0.497 e. The molecule has 0 saturated heterocycles. The summed E-state index contributed by atoms with van der Waals surface area (Å²) in [7, 11) is 1.62. The molecule has 0 spiro atoms. The van der Waals surface area contributed by atoms with E-state index in [1.165, 1.54) is 0 Å². The second kappa shape index (κ2) is 6.85. The third-order valence-electron chi connectivity index (χ3n) is 3.84. The summed E-state index contributed by atoms with van der Waals surface area (Å²) in [6.45, 7) is 8.03. The molecule has 1 aliphatic heterocycles. The first kappa shape index (κ1) is 16.8. The Morgan fingerprint density at radius 2 is 1.92 bits per heavy atom. The zero-order chi connectivity index (χ0) is 18.0. The van der Waals surface area contributed by atoms with Crippen molar-refractivity contribution < 1.29 is 19.0 Å². The van der Waals surface area contributed by atoms with Gasteiger partial charge in [0.15, 0.2) is 5.76 Å². The maximum absolute atomic E-state index is 12.6. The van der Waals surface area contributed by atoms with Gasteiger partial charge in [0.1, 0.15) is 23.9 Å². The summed E-state index contributed by atoms with van der Waals surface area (Å²) in [4.78, 5) is 12.6. The van der Waals surface area contributed by atoms with Crippen molar-refractivity contribution in [1.29, 1.82) is 0 Å². The van der Waals surface area contributed by atoms with Crippen molar-refractivity contribution in [2.45, 2.75) is 13.8 Å². The number of aryl methyl sites for hydroxylation is 1. The number of carbonyl (C=O) groups excluding carboxylic acids is 1. The molecule has 0 bridgehead atoms. The van der Waals surface area contributed by atoms with Crippen molar-refractivity contribution in [1.82, 2.24) is 0 Å². The molecule has 4 heteroatoms. The van der Waals surface area contributed by atoms with Crippen LogP contribution in [0.4, 0.5) is 0 Å². The van der Waals surface area contributed by atoms with E-state index in [2.05, 4.69) is 6.58 Å². The lowest BCUT2D eigenvalue weighted by Crippen LogP contribution is -2.00. The van der Waals surface area contributed by atoms with E-state index >= 15 is 0 Å². The van der Waals surface area contributed by atoms with Crippen LogP contribution in [0.5, 0.6) is 17.2 Å². The van der Waals surface area contributed by atoms with E-state index in [0.29, 0.717) is 29.4 Å².